The van der Waals surface area contributed by atoms with E-state index in [9.17, 15) is 5.11 Å². The van der Waals surface area contributed by atoms with E-state index in [1.54, 1.807) is 0 Å². The van der Waals surface area contributed by atoms with Crippen LogP contribution in [0.3, 0.4) is 0 Å². The van der Waals surface area contributed by atoms with E-state index in [1.807, 2.05) is 0 Å². The van der Waals surface area contributed by atoms with Gasteiger partial charge >= 0.3 is 0 Å². The van der Waals surface area contributed by atoms with Crippen LogP contribution in [0, 0.1) is 17.8 Å². The van der Waals surface area contributed by atoms with Crippen molar-refractivity contribution in [1.29, 1.82) is 0 Å². The Morgan fingerprint density at radius 3 is 2.11 bits per heavy atom. The van der Waals surface area contributed by atoms with E-state index in [0.717, 1.165) is 51.1 Å². The highest BCUT2D eigenvalue weighted by Crippen LogP contribution is 2.18. The van der Waals surface area contributed by atoms with Gasteiger partial charge in [0.25, 0.3) is 0 Å². The molecule has 1 saturated heterocycles. The van der Waals surface area contributed by atoms with Crippen LogP contribution in [0.5, 0.6) is 0 Å². The fourth-order valence-corrected chi connectivity index (χ4v) is 2.45. The quantitative estimate of drug-likeness (QED) is 0.700. The average molecular weight is 271 g/mol. The first kappa shape index (κ1) is 16.9. The lowest BCUT2D eigenvalue weighted by Crippen LogP contribution is -2.38. The van der Waals surface area contributed by atoms with Crippen LogP contribution in [0.2, 0.25) is 0 Å². The van der Waals surface area contributed by atoms with E-state index in [-0.39, 0.29) is 6.10 Å². The minimum absolute atomic E-state index is 0.221. The van der Waals surface area contributed by atoms with Gasteiger partial charge in [-0.3, -0.25) is 0 Å². The molecule has 114 valence electrons. The normalized spacial score (nSPS) is 21.8. The third kappa shape index (κ3) is 7.28. The Kier molecular flexibility index (Phi) is 7.96. The van der Waals surface area contributed by atoms with Gasteiger partial charge in [-0.25, -0.2) is 0 Å². The lowest BCUT2D eigenvalue weighted by atomic mass is 10.0. The number of hydrogen-bond acceptors (Lipinski definition) is 3. The second-order valence-corrected chi connectivity index (χ2v) is 6.86. The van der Waals surface area contributed by atoms with Crippen LogP contribution < -0.4 is 0 Å². The summed E-state index contributed by atoms with van der Waals surface area (Å²) in [6.07, 6.45) is 3.23. The Labute approximate surface area is 119 Å². The number of ether oxygens (including phenoxy) is 1. The molecule has 0 amide bonds. The lowest BCUT2D eigenvalue weighted by Gasteiger charge is -2.28. The van der Waals surface area contributed by atoms with Crippen LogP contribution >= 0.6 is 0 Å². The first-order valence-electron chi connectivity index (χ1n) is 7.97. The van der Waals surface area contributed by atoms with Gasteiger partial charge in [0, 0.05) is 19.1 Å². The summed E-state index contributed by atoms with van der Waals surface area (Å²) >= 11 is 0. The minimum Gasteiger partial charge on any atom is -0.391 e. The molecule has 1 fully saturated rings. The monoisotopic (exact) mass is 271 g/mol. The number of nitrogens with zero attached hydrogens (tertiary/aromatic N) is 1. The molecule has 0 aliphatic carbocycles. The van der Waals surface area contributed by atoms with Gasteiger partial charge < -0.3 is 14.7 Å². The molecule has 2 unspecified atom stereocenters. The molecule has 1 aliphatic heterocycles. The van der Waals surface area contributed by atoms with Gasteiger partial charge in [0.15, 0.2) is 0 Å². The van der Waals surface area contributed by atoms with Crippen molar-refractivity contribution in [2.75, 3.05) is 32.8 Å². The standard InChI is InChI=1S/C16H33NO2/c1-13(2)5-8-17(9-6-14(3)4)11-16(18)15-7-10-19-12-15/h13-16,18H,5-12H2,1-4H3. The second kappa shape index (κ2) is 8.93. The number of aliphatic hydroxyl groups is 1. The smallest absolute Gasteiger partial charge is 0.0718 e. The molecule has 3 nitrogen and oxygen atoms in total. The van der Waals surface area contributed by atoms with Crippen molar-refractivity contribution in [3.63, 3.8) is 0 Å². The zero-order chi connectivity index (χ0) is 14.3. The Morgan fingerprint density at radius 2 is 1.68 bits per heavy atom. The molecule has 0 aromatic heterocycles. The van der Waals surface area contributed by atoms with Crippen molar-refractivity contribution in [1.82, 2.24) is 4.90 Å². The molecule has 0 saturated carbocycles. The highest BCUT2D eigenvalue weighted by Gasteiger charge is 2.25. The molecule has 0 radical (unpaired) electrons. The van der Waals surface area contributed by atoms with Crippen LogP contribution in [0.15, 0.2) is 0 Å². The molecule has 0 bridgehead atoms. The summed E-state index contributed by atoms with van der Waals surface area (Å²) in [7, 11) is 0. The van der Waals surface area contributed by atoms with Crippen molar-refractivity contribution in [3.8, 4) is 0 Å². The van der Waals surface area contributed by atoms with Crippen molar-refractivity contribution in [3.05, 3.63) is 0 Å². The van der Waals surface area contributed by atoms with Gasteiger partial charge in [0.2, 0.25) is 0 Å². The van der Waals surface area contributed by atoms with Crippen molar-refractivity contribution < 1.29 is 9.84 Å². The maximum Gasteiger partial charge on any atom is 0.0718 e. The van der Waals surface area contributed by atoms with Crippen LogP contribution in [-0.4, -0.2) is 49.0 Å². The van der Waals surface area contributed by atoms with Crippen molar-refractivity contribution >= 4 is 0 Å². The molecule has 3 heteroatoms. The molecule has 1 rings (SSSR count). The Bertz CT molecular complexity index is 213. The molecule has 2 atom stereocenters. The van der Waals surface area contributed by atoms with E-state index < -0.39 is 0 Å². The minimum atomic E-state index is -0.221. The zero-order valence-electron chi connectivity index (χ0n) is 13.3. The van der Waals surface area contributed by atoms with Crippen LogP contribution in [0.4, 0.5) is 0 Å². The zero-order valence-corrected chi connectivity index (χ0v) is 13.3. The van der Waals surface area contributed by atoms with Gasteiger partial charge in [-0.2, -0.15) is 0 Å². The van der Waals surface area contributed by atoms with Crippen LogP contribution in [0.25, 0.3) is 0 Å². The molecule has 0 spiro atoms. The van der Waals surface area contributed by atoms with Gasteiger partial charge in [-0.15, -0.1) is 0 Å². The highest BCUT2D eigenvalue weighted by atomic mass is 16.5. The molecular weight excluding hydrogens is 238 g/mol. The lowest BCUT2D eigenvalue weighted by molar-refractivity contribution is 0.0529. The average Bonchev–Trinajstić information content (AvgIpc) is 2.85. The first-order chi connectivity index (χ1) is 8.99. The number of aliphatic hydroxyl groups excluding tert-OH is 1. The molecule has 19 heavy (non-hydrogen) atoms. The molecule has 0 aromatic carbocycles. The molecule has 1 N–H and O–H groups in total. The Balaban J connectivity index is 2.37. The Hall–Kier alpha value is -0.120. The van der Waals surface area contributed by atoms with Gasteiger partial charge in [-0.05, 0) is 44.2 Å². The summed E-state index contributed by atoms with van der Waals surface area (Å²) < 4.78 is 5.38. The summed E-state index contributed by atoms with van der Waals surface area (Å²) in [5.74, 6) is 1.81. The van der Waals surface area contributed by atoms with Gasteiger partial charge in [0.05, 0.1) is 12.7 Å². The summed E-state index contributed by atoms with van der Waals surface area (Å²) in [5, 5.41) is 10.3. The summed E-state index contributed by atoms with van der Waals surface area (Å²) in [5.41, 5.74) is 0. The van der Waals surface area contributed by atoms with E-state index in [2.05, 4.69) is 32.6 Å². The van der Waals surface area contributed by atoms with Crippen molar-refractivity contribution in [2.24, 2.45) is 17.8 Å². The van der Waals surface area contributed by atoms with E-state index in [1.165, 1.54) is 12.8 Å². The summed E-state index contributed by atoms with van der Waals surface area (Å²) in [6, 6.07) is 0. The third-order valence-electron chi connectivity index (χ3n) is 4.00. The summed E-state index contributed by atoms with van der Waals surface area (Å²) in [6.45, 7) is 13.6. The third-order valence-corrected chi connectivity index (χ3v) is 4.00. The number of hydrogen-bond donors (Lipinski definition) is 1. The predicted molar refractivity (Wildman–Crippen MR) is 80.3 cm³/mol. The SMILES string of the molecule is CC(C)CCN(CCC(C)C)CC(O)C1CCOC1. The van der Waals surface area contributed by atoms with Gasteiger partial charge in [0.1, 0.15) is 0 Å². The number of rotatable bonds is 9. The van der Waals surface area contributed by atoms with Crippen LogP contribution in [0.1, 0.15) is 47.0 Å². The molecule has 1 aliphatic rings. The maximum absolute atomic E-state index is 10.3. The van der Waals surface area contributed by atoms with Gasteiger partial charge in [-0.1, -0.05) is 27.7 Å². The first-order valence-corrected chi connectivity index (χ1v) is 7.97. The largest absolute Gasteiger partial charge is 0.391 e. The summed E-state index contributed by atoms with van der Waals surface area (Å²) in [4.78, 5) is 2.45. The fraction of sp³-hybridized carbons (Fsp3) is 1.00. The molecule has 1 heterocycles. The molecule has 0 aromatic rings. The van der Waals surface area contributed by atoms with E-state index >= 15 is 0 Å². The predicted octanol–water partition coefficient (Wildman–Crippen LogP) is 2.78. The van der Waals surface area contributed by atoms with Crippen LogP contribution in [-0.2, 0) is 4.74 Å². The highest BCUT2D eigenvalue weighted by molar-refractivity contribution is 4.76. The topological polar surface area (TPSA) is 32.7 Å². The van der Waals surface area contributed by atoms with E-state index in [4.69, 9.17) is 4.74 Å². The molecular formula is C16H33NO2. The Morgan fingerprint density at radius 1 is 1.11 bits per heavy atom. The van der Waals surface area contributed by atoms with Crippen molar-refractivity contribution in [2.45, 2.75) is 53.1 Å². The second-order valence-electron chi connectivity index (χ2n) is 6.86. The maximum atomic E-state index is 10.3. The fourth-order valence-electron chi connectivity index (χ4n) is 2.45. The van der Waals surface area contributed by atoms with E-state index in [0.29, 0.717) is 5.92 Å².